The molecule has 0 radical (unpaired) electrons. The summed E-state index contributed by atoms with van der Waals surface area (Å²) in [5.41, 5.74) is -1.38. The van der Waals surface area contributed by atoms with Gasteiger partial charge in [0, 0.05) is 24.0 Å². The number of unbranched alkanes of at least 4 members (excludes halogenated alkanes) is 1. The van der Waals surface area contributed by atoms with E-state index in [-0.39, 0.29) is 46.4 Å². The number of ether oxygens (including phenoxy) is 3. The number of benzene rings is 1. The van der Waals surface area contributed by atoms with E-state index < -0.39 is 23.3 Å². The van der Waals surface area contributed by atoms with Gasteiger partial charge in [-0.05, 0) is 64.3 Å². The van der Waals surface area contributed by atoms with E-state index in [9.17, 15) is 23.1 Å². The molecule has 0 fully saturated rings. The summed E-state index contributed by atoms with van der Waals surface area (Å²) in [6.45, 7) is 5.57. The van der Waals surface area contributed by atoms with Gasteiger partial charge in [-0.2, -0.15) is 13.2 Å². The topological polar surface area (TPSA) is 95.7 Å². The maximum Gasteiger partial charge on any atom is 2.00 e. The van der Waals surface area contributed by atoms with Crippen LogP contribution in [0.4, 0.5) is 13.2 Å². The molecule has 0 unspecified atom stereocenters. The molecule has 0 bridgehead atoms. The van der Waals surface area contributed by atoms with Crippen molar-refractivity contribution in [3.63, 3.8) is 0 Å². The Morgan fingerprint density at radius 2 is 1.84 bits per heavy atom. The van der Waals surface area contributed by atoms with Gasteiger partial charge in [0.05, 0.1) is 18.8 Å². The van der Waals surface area contributed by atoms with Crippen molar-refractivity contribution in [2.24, 2.45) is 0 Å². The minimum absolute atomic E-state index is 0. The predicted molar refractivity (Wildman–Crippen MR) is 133 cm³/mol. The summed E-state index contributed by atoms with van der Waals surface area (Å²) in [5.74, 6) is 0.547. The standard InChI is InChI=1S/C25H28F3N3O5.Ca.2H/c1-4-34-22-17(16-31(30-22)21-12-11-18(15-29-21)25(26,27)28)8-5-6-13-35-19-9-7-10-20(14-19)36-24(2,3)23(32)33;;;/h7,9-12,14-16H,4-6,8,13H2,1-3H3,(H,32,33);;;/q;+2;2*-1. The van der Waals surface area contributed by atoms with Crippen LogP contribution in [0.15, 0.2) is 48.8 Å². The molecule has 37 heavy (non-hydrogen) atoms. The van der Waals surface area contributed by atoms with Gasteiger partial charge in [-0.25, -0.2) is 14.5 Å². The maximum atomic E-state index is 12.8. The minimum Gasteiger partial charge on any atom is -1.00 e. The number of halogens is 3. The molecule has 0 spiro atoms. The SMILES string of the molecule is CCOc1nn(-c2ccc(C(F)(F)F)cn2)cc1CCCCOc1cccc(OC(C)(C)C(=O)O)c1.[Ca+2].[H-].[H-]. The molecule has 0 aliphatic rings. The molecule has 2 aromatic heterocycles. The van der Waals surface area contributed by atoms with E-state index in [1.807, 2.05) is 6.92 Å². The Morgan fingerprint density at radius 3 is 2.46 bits per heavy atom. The quantitative estimate of drug-likeness (QED) is 0.246. The molecular weight excluding hydrogens is 519 g/mol. The molecule has 0 amide bonds. The summed E-state index contributed by atoms with van der Waals surface area (Å²) in [6, 6.07) is 9.01. The Labute approximate surface area is 245 Å². The Hall–Kier alpha value is -2.50. The van der Waals surface area contributed by atoms with E-state index in [1.165, 1.54) is 24.6 Å². The van der Waals surface area contributed by atoms with Gasteiger partial charge in [0.2, 0.25) is 5.88 Å². The van der Waals surface area contributed by atoms with Crippen LogP contribution in [0.1, 0.15) is 47.6 Å². The van der Waals surface area contributed by atoms with Crippen LogP contribution in [-0.2, 0) is 17.4 Å². The Kier molecular flexibility index (Phi) is 11.1. The molecule has 1 N–H and O–H groups in total. The van der Waals surface area contributed by atoms with E-state index in [4.69, 9.17) is 14.2 Å². The molecule has 3 aromatic rings. The van der Waals surface area contributed by atoms with Gasteiger partial charge in [0.25, 0.3) is 0 Å². The maximum absolute atomic E-state index is 12.8. The molecule has 0 saturated heterocycles. The number of aryl methyl sites for hydroxylation is 1. The van der Waals surface area contributed by atoms with Crippen molar-refractivity contribution in [1.29, 1.82) is 0 Å². The second-order valence-corrected chi connectivity index (χ2v) is 8.44. The van der Waals surface area contributed by atoms with Gasteiger partial charge in [-0.15, -0.1) is 5.10 Å². The number of nitrogens with zero attached hydrogens (tertiary/aromatic N) is 3. The summed E-state index contributed by atoms with van der Waals surface area (Å²) >= 11 is 0. The van der Waals surface area contributed by atoms with Gasteiger partial charge in [-0.3, -0.25) is 0 Å². The van der Waals surface area contributed by atoms with Gasteiger partial charge >= 0.3 is 49.9 Å². The Bertz CT molecular complexity index is 1180. The Morgan fingerprint density at radius 1 is 1.11 bits per heavy atom. The van der Waals surface area contributed by atoms with Gasteiger partial charge < -0.3 is 22.2 Å². The smallest absolute Gasteiger partial charge is 1.00 e. The summed E-state index contributed by atoms with van der Waals surface area (Å²) in [6.07, 6.45) is 0.0942. The molecule has 2 heterocycles. The van der Waals surface area contributed by atoms with Crippen LogP contribution >= 0.6 is 0 Å². The van der Waals surface area contributed by atoms with Crippen LogP contribution in [0.25, 0.3) is 5.82 Å². The van der Waals surface area contributed by atoms with Crippen molar-refractivity contribution in [2.75, 3.05) is 13.2 Å². The average Bonchev–Trinajstić information content (AvgIpc) is 3.21. The second-order valence-electron chi connectivity index (χ2n) is 8.44. The number of hydrogen-bond donors (Lipinski definition) is 1. The average molecular weight is 550 g/mol. The van der Waals surface area contributed by atoms with Gasteiger partial charge in [-0.1, -0.05) is 6.07 Å². The fourth-order valence-electron chi connectivity index (χ4n) is 3.20. The zero-order valence-corrected chi connectivity index (χ0v) is 23.1. The van der Waals surface area contributed by atoms with Crippen LogP contribution in [-0.4, -0.2) is 82.4 Å². The number of carbonyl (C=O) groups is 1. The monoisotopic (exact) mass is 549 g/mol. The zero-order chi connectivity index (χ0) is 26.3. The number of aromatic nitrogens is 3. The number of hydrogen-bond acceptors (Lipinski definition) is 6. The minimum atomic E-state index is -4.46. The fourth-order valence-corrected chi connectivity index (χ4v) is 3.20. The van der Waals surface area contributed by atoms with Gasteiger partial charge in [0.1, 0.15) is 11.5 Å². The summed E-state index contributed by atoms with van der Waals surface area (Å²) in [5, 5.41) is 13.5. The van der Waals surface area contributed by atoms with Crippen molar-refractivity contribution in [3.05, 3.63) is 59.9 Å². The first-order valence-corrected chi connectivity index (χ1v) is 11.4. The third-order valence-electron chi connectivity index (χ3n) is 5.15. The molecular formula is C25H30CaF3N3O5. The third kappa shape index (κ3) is 8.79. The summed E-state index contributed by atoms with van der Waals surface area (Å²) in [4.78, 5) is 15.1. The van der Waals surface area contributed by atoms with E-state index in [2.05, 4.69) is 10.1 Å². The van der Waals surface area contributed by atoms with Crippen molar-refractivity contribution in [1.82, 2.24) is 14.8 Å². The molecule has 0 atom stereocenters. The van der Waals surface area contributed by atoms with E-state index in [0.717, 1.165) is 24.2 Å². The first-order chi connectivity index (χ1) is 17.0. The molecule has 1 aromatic carbocycles. The number of carboxylic acid groups (broad SMARTS) is 1. The number of alkyl halides is 3. The first-order valence-electron chi connectivity index (χ1n) is 11.4. The molecule has 0 saturated carbocycles. The van der Waals surface area contributed by atoms with Crippen LogP contribution in [0, 0.1) is 0 Å². The van der Waals surface area contributed by atoms with Crippen molar-refractivity contribution < 1.29 is 40.1 Å². The molecule has 12 heteroatoms. The van der Waals surface area contributed by atoms with Gasteiger partial charge in [0.15, 0.2) is 11.4 Å². The predicted octanol–water partition coefficient (Wildman–Crippen LogP) is 5.17. The molecule has 0 aliphatic carbocycles. The zero-order valence-electron chi connectivity index (χ0n) is 22.9. The van der Waals surface area contributed by atoms with Crippen LogP contribution in [0.2, 0.25) is 0 Å². The van der Waals surface area contributed by atoms with E-state index in [0.29, 0.717) is 43.4 Å². The van der Waals surface area contributed by atoms with Crippen LogP contribution in [0.5, 0.6) is 17.4 Å². The summed E-state index contributed by atoms with van der Waals surface area (Å²) < 4.78 is 56.7. The third-order valence-corrected chi connectivity index (χ3v) is 5.15. The fraction of sp³-hybridized carbons (Fsp3) is 0.400. The van der Waals surface area contributed by atoms with Crippen molar-refractivity contribution >= 4 is 43.7 Å². The van der Waals surface area contributed by atoms with E-state index in [1.54, 1.807) is 30.5 Å². The normalized spacial score (nSPS) is 11.5. The number of carboxylic acids is 1. The number of rotatable bonds is 12. The summed E-state index contributed by atoms with van der Waals surface area (Å²) in [7, 11) is 0. The number of pyridine rings is 1. The van der Waals surface area contributed by atoms with Crippen molar-refractivity contribution in [3.8, 4) is 23.2 Å². The second kappa shape index (κ2) is 13.3. The first kappa shape index (κ1) is 30.7. The van der Waals surface area contributed by atoms with Crippen LogP contribution in [0.3, 0.4) is 0 Å². The molecule has 198 valence electrons. The number of aliphatic carboxylic acids is 1. The molecule has 3 rings (SSSR count). The molecule has 8 nitrogen and oxygen atoms in total. The largest absolute Gasteiger partial charge is 2.00 e. The van der Waals surface area contributed by atoms with E-state index >= 15 is 0 Å². The molecule has 0 aliphatic heterocycles. The van der Waals surface area contributed by atoms with Crippen molar-refractivity contribution in [2.45, 2.75) is 51.8 Å². The van der Waals surface area contributed by atoms with Crippen LogP contribution < -0.4 is 14.2 Å². The Balaban J connectivity index is 0.00000481.